The van der Waals surface area contributed by atoms with Gasteiger partial charge >= 0.3 is 12.1 Å². The Bertz CT molecular complexity index is 644. The quantitative estimate of drug-likeness (QED) is 0.821. The molecule has 0 bridgehead atoms. The number of hydrogen-bond donors (Lipinski definition) is 1. The lowest BCUT2D eigenvalue weighted by Crippen LogP contribution is -2.24. The number of nitrogens with one attached hydrogen (secondary N) is 1. The summed E-state index contributed by atoms with van der Waals surface area (Å²) in [5, 5.41) is 2.54. The second kappa shape index (κ2) is 8.47. The average Bonchev–Trinajstić information content (AvgIpc) is 2.59. The predicted molar refractivity (Wildman–Crippen MR) is 81.5 cm³/mol. The molecular formula is C16H17N3O4. The lowest BCUT2D eigenvalue weighted by molar-refractivity contribution is 0.0525. The van der Waals surface area contributed by atoms with Crippen molar-refractivity contribution >= 4 is 12.1 Å². The zero-order valence-corrected chi connectivity index (χ0v) is 12.7. The Morgan fingerprint density at radius 2 is 1.78 bits per heavy atom. The number of benzene rings is 1. The highest BCUT2D eigenvalue weighted by Crippen LogP contribution is 2.01. The van der Waals surface area contributed by atoms with Crippen LogP contribution in [-0.4, -0.2) is 28.6 Å². The Hall–Kier alpha value is -2.96. The van der Waals surface area contributed by atoms with Gasteiger partial charge in [-0.2, -0.15) is 0 Å². The summed E-state index contributed by atoms with van der Waals surface area (Å²) in [7, 11) is 0. The van der Waals surface area contributed by atoms with E-state index in [0.29, 0.717) is 5.82 Å². The Morgan fingerprint density at radius 3 is 2.43 bits per heavy atom. The van der Waals surface area contributed by atoms with Gasteiger partial charge in [0.15, 0.2) is 0 Å². The highest BCUT2D eigenvalue weighted by atomic mass is 16.5. The maximum atomic E-state index is 11.6. The highest BCUT2D eigenvalue weighted by molar-refractivity contribution is 5.88. The van der Waals surface area contributed by atoms with Gasteiger partial charge in [-0.05, 0) is 12.5 Å². The largest absolute Gasteiger partial charge is 0.462 e. The van der Waals surface area contributed by atoms with E-state index < -0.39 is 12.1 Å². The van der Waals surface area contributed by atoms with Gasteiger partial charge in [-0.15, -0.1) is 0 Å². The van der Waals surface area contributed by atoms with Gasteiger partial charge in [0, 0.05) is 12.4 Å². The van der Waals surface area contributed by atoms with Crippen LogP contribution in [0.15, 0.2) is 42.7 Å². The monoisotopic (exact) mass is 315 g/mol. The van der Waals surface area contributed by atoms with Crippen LogP contribution in [0.5, 0.6) is 0 Å². The highest BCUT2D eigenvalue weighted by Gasteiger charge is 2.08. The van der Waals surface area contributed by atoms with Crippen LogP contribution < -0.4 is 5.32 Å². The van der Waals surface area contributed by atoms with Gasteiger partial charge in [0.2, 0.25) is 0 Å². The van der Waals surface area contributed by atoms with Crippen LogP contribution in [0.2, 0.25) is 0 Å². The molecule has 2 aromatic rings. The van der Waals surface area contributed by atoms with Gasteiger partial charge < -0.3 is 14.8 Å². The summed E-state index contributed by atoms with van der Waals surface area (Å²) in [6.07, 6.45) is 2.15. The summed E-state index contributed by atoms with van der Waals surface area (Å²) in [6.45, 7) is 2.31. The van der Waals surface area contributed by atoms with E-state index in [-0.39, 0.29) is 25.3 Å². The van der Waals surface area contributed by atoms with Crippen LogP contribution in [0.1, 0.15) is 28.7 Å². The Balaban J connectivity index is 1.77. The fraction of sp³-hybridized carbons (Fsp3) is 0.250. The summed E-state index contributed by atoms with van der Waals surface area (Å²) in [4.78, 5) is 31.0. The van der Waals surface area contributed by atoms with E-state index in [1.165, 1.54) is 12.4 Å². The van der Waals surface area contributed by atoms with Crippen LogP contribution in [-0.2, 0) is 22.6 Å². The number of ether oxygens (including phenoxy) is 2. The molecule has 1 aromatic carbocycles. The normalized spacial score (nSPS) is 9.96. The van der Waals surface area contributed by atoms with Gasteiger partial charge in [0.05, 0.1) is 18.7 Å². The van der Waals surface area contributed by atoms with Gasteiger partial charge in [-0.25, -0.2) is 19.6 Å². The molecule has 0 atom stereocenters. The molecule has 1 aromatic heterocycles. The first-order valence-electron chi connectivity index (χ1n) is 7.11. The molecule has 1 amide bonds. The van der Waals surface area contributed by atoms with E-state index in [1.54, 1.807) is 6.92 Å². The number of carbonyl (C=O) groups excluding carboxylic acids is 2. The van der Waals surface area contributed by atoms with E-state index in [1.807, 2.05) is 30.3 Å². The summed E-state index contributed by atoms with van der Waals surface area (Å²) < 4.78 is 9.90. The SMILES string of the molecule is CCOC(=O)c1cnc(CNC(=O)OCc2ccccc2)nc1. The molecule has 23 heavy (non-hydrogen) atoms. The summed E-state index contributed by atoms with van der Waals surface area (Å²) in [6, 6.07) is 9.36. The molecule has 0 aliphatic heterocycles. The third-order valence-corrected chi connectivity index (χ3v) is 2.82. The molecule has 0 aliphatic rings. The zero-order chi connectivity index (χ0) is 16.5. The minimum atomic E-state index is -0.563. The molecule has 7 heteroatoms. The van der Waals surface area contributed by atoms with E-state index in [9.17, 15) is 9.59 Å². The molecular weight excluding hydrogens is 298 g/mol. The van der Waals surface area contributed by atoms with Crippen molar-refractivity contribution in [2.75, 3.05) is 6.61 Å². The molecule has 0 saturated heterocycles. The van der Waals surface area contributed by atoms with Gasteiger partial charge in [-0.1, -0.05) is 30.3 Å². The maximum Gasteiger partial charge on any atom is 0.407 e. The number of amides is 1. The molecule has 0 saturated carbocycles. The predicted octanol–water partition coefficient (Wildman–Crippen LogP) is 2.08. The fourth-order valence-corrected chi connectivity index (χ4v) is 1.69. The lowest BCUT2D eigenvalue weighted by atomic mass is 10.2. The molecule has 0 aliphatic carbocycles. The molecule has 1 heterocycles. The molecule has 0 unspecified atom stereocenters. The smallest absolute Gasteiger partial charge is 0.407 e. The molecule has 120 valence electrons. The van der Waals surface area contributed by atoms with Crippen molar-refractivity contribution in [2.24, 2.45) is 0 Å². The zero-order valence-electron chi connectivity index (χ0n) is 12.7. The summed E-state index contributed by atoms with van der Waals surface area (Å²) in [5.74, 6) is -0.107. The van der Waals surface area contributed by atoms with Crippen LogP contribution in [0.25, 0.3) is 0 Å². The topological polar surface area (TPSA) is 90.4 Å². The van der Waals surface area contributed by atoms with E-state index in [0.717, 1.165) is 5.56 Å². The third-order valence-electron chi connectivity index (χ3n) is 2.82. The Kier molecular flexibility index (Phi) is 6.05. The second-order valence-electron chi connectivity index (χ2n) is 4.52. The average molecular weight is 315 g/mol. The summed E-state index contributed by atoms with van der Waals surface area (Å²) >= 11 is 0. The van der Waals surface area contributed by atoms with Crippen molar-refractivity contribution in [1.82, 2.24) is 15.3 Å². The Morgan fingerprint density at radius 1 is 1.09 bits per heavy atom. The van der Waals surface area contributed by atoms with Crippen molar-refractivity contribution in [3.8, 4) is 0 Å². The van der Waals surface area contributed by atoms with Crippen molar-refractivity contribution < 1.29 is 19.1 Å². The number of hydrogen-bond acceptors (Lipinski definition) is 6. The van der Waals surface area contributed by atoms with E-state index in [4.69, 9.17) is 9.47 Å². The number of alkyl carbamates (subject to hydrolysis) is 1. The van der Waals surface area contributed by atoms with Gasteiger partial charge in [0.25, 0.3) is 0 Å². The maximum absolute atomic E-state index is 11.6. The number of rotatable bonds is 6. The molecule has 1 N–H and O–H groups in total. The van der Waals surface area contributed by atoms with Crippen molar-refractivity contribution in [3.05, 3.63) is 59.7 Å². The van der Waals surface area contributed by atoms with Crippen molar-refractivity contribution in [1.29, 1.82) is 0 Å². The van der Waals surface area contributed by atoms with Gasteiger partial charge in [0.1, 0.15) is 12.4 Å². The van der Waals surface area contributed by atoms with E-state index >= 15 is 0 Å². The number of aromatic nitrogens is 2. The Labute approximate surface area is 133 Å². The van der Waals surface area contributed by atoms with Crippen LogP contribution in [0.3, 0.4) is 0 Å². The molecule has 7 nitrogen and oxygen atoms in total. The minimum absolute atomic E-state index is 0.108. The minimum Gasteiger partial charge on any atom is -0.462 e. The van der Waals surface area contributed by atoms with Crippen LogP contribution in [0, 0.1) is 0 Å². The second-order valence-corrected chi connectivity index (χ2v) is 4.52. The number of nitrogens with zero attached hydrogens (tertiary/aromatic N) is 2. The first kappa shape index (κ1) is 16.4. The van der Waals surface area contributed by atoms with Crippen LogP contribution >= 0.6 is 0 Å². The molecule has 0 fully saturated rings. The number of esters is 1. The summed E-state index contributed by atoms with van der Waals surface area (Å²) in [5.41, 5.74) is 1.17. The number of carbonyl (C=O) groups is 2. The van der Waals surface area contributed by atoms with Gasteiger partial charge in [-0.3, -0.25) is 0 Å². The molecule has 0 radical (unpaired) electrons. The van der Waals surface area contributed by atoms with E-state index in [2.05, 4.69) is 15.3 Å². The lowest BCUT2D eigenvalue weighted by Gasteiger charge is -2.07. The first-order chi connectivity index (χ1) is 11.2. The van der Waals surface area contributed by atoms with Crippen molar-refractivity contribution in [3.63, 3.8) is 0 Å². The standard InChI is InChI=1S/C16H17N3O4/c1-2-22-15(20)13-8-17-14(18-9-13)10-19-16(21)23-11-12-6-4-3-5-7-12/h3-9H,2,10-11H2,1H3,(H,19,21). The van der Waals surface area contributed by atoms with Crippen LogP contribution in [0.4, 0.5) is 4.79 Å². The molecule has 0 spiro atoms. The molecule has 2 rings (SSSR count). The first-order valence-corrected chi connectivity index (χ1v) is 7.11. The third kappa shape index (κ3) is 5.39. The fourth-order valence-electron chi connectivity index (χ4n) is 1.69. The van der Waals surface area contributed by atoms with Crippen molar-refractivity contribution in [2.45, 2.75) is 20.1 Å².